The summed E-state index contributed by atoms with van der Waals surface area (Å²) >= 11 is 1.83. The molecule has 0 saturated carbocycles. The Kier molecular flexibility index (Phi) is 4.22. The quantitative estimate of drug-likeness (QED) is 0.735. The standard InChI is InChI=1S/C14H14FIN2O3/c1-14(2,3)21-13(20)18-7-8(6-17-18)9-4-11(16)10(15)5-12(9)19/h4-7,19H,1-3H3. The van der Waals surface area contributed by atoms with E-state index in [2.05, 4.69) is 5.10 Å². The molecule has 2 rings (SSSR count). The molecular formula is C14H14FIN2O3. The average Bonchev–Trinajstić information content (AvgIpc) is 2.81. The molecule has 2 aromatic rings. The molecule has 0 aliphatic rings. The number of ether oxygens (including phenoxy) is 1. The fourth-order valence-corrected chi connectivity index (χ4v) is 2.11. The van der Waals surface area contributed by atoms with E-state index >= 15 is 0 Å². The SMILES string of the molecule is CC(C)(C)OC(=O)n1cc(-c2cc(I)c(F)cc2O)cn1. The summed E-state index contributed by atoms with van der Waals surface area (Å²) in [5.41, 5.74) is 0.267. The number of aromatic hydroxyl groups is 1. The minimum absolute atomic E-state index is 0.211. The van der Waals surface area contributed by atoms with Gasteiger partial charge in [-0.25, -0.2) is 9.18 Å². The van der Waals surface area contributed by atoms with E-state index in [1.54, 1.807) is 20.8 Å². The number of nitrogens with zero attached hydrogens (tertiary/aromatic N) is 2. The number of phenols is 1. The highest BCUT2D eigenvalue weighted by molar-refractivity contribution is 14.1. The Hall–Kier alpha value is -1.64. The predicted molar refractivity (Wildman–Crippen MR) is 83.6 cm³/mol. The summed E-state index contributed by atoms with van der Waals surface area (Å²) < 4.78 is 19.9. The predicted octanol–water partition coefficient (Wildman–Crippen LogP) is 3.78. The van der Waals surface area contributed by atoms with E-state index in [4.69, 9.17) is 4.74 Å². The van der Waals surface area contributed by atoms with Crippen molar-refractivity contribution in [3.63, 3.8) is 0 Å². The molecule has 112 valence electrons. The normalized spacial score (nSPS) is 11.5. The molecule has 1 N–H and O–H groups in total. The number of carbonyl (C=O) groups excluding carboxylic acids is 1. The molecule has 0 amide bonds. The van der Waals surface area contributed by atoms with Crippen LogP contribution >= 0.6 is 22.6 Å². The monoisotopic (exact) mass is 404 g/mol. The third-order valence-electron chi connectivity index (χ3n) is 2.51. The molecule has 0 fully saturated rings. The van der Waals surface area contributed by atoms with Gasteiger partial charge >= 0.3 is 6.09 Å². The Morgan fingerprint density at radius 3 is 2.71 bits per heavy atom. The Morgan fingerprint density at radius 1 is 1.43 bits per heavy atom. The zero-order chi connectivity index (χ0) is 15.8. The second kappa shape index (κ2) is 5.63. The van der Waals surface area contributed by atoms with Crippen molar-refractivity contribution in [3.05, 3.63) is 33.9 Å². The number of carbonyl (C=O) groups is 1. The van der Waals surface area contributed by atoms with Crippen molar-refractivity contribution in [1.82, 2.24) is 9.78 Å². The number of halogens is 2. The van der Waals surface area contributed by atoms with Crippen molar-refractivity contribution in [2.75, 3.05) is 0 Å². The number of aromatic nitrogens is 2. The molecule has 1 aromatic carbocycles. The summed E-state index contributed by atoms with van der Waals surface area (Å²) in [6, 6.07) is 2.52. The molecule has 0 aliphatic heterocycles. The summed E-state index contributed by atoms with van der Waals surface area (Å²) in [7, 11) is 0. The maximum absolute atomic E-state index is 13.3. The summed E-state index contributed by atoms with van der Waals surface area (Å²) in [6.45, 7) is 5.26. The van der Waals surface area contributed by atoms with Gasteiger partial charge in [0.1, 0.15) is 17.2 Å². The molecule has 7 heteroatoms. The van der Waals surface area contributed by atoms with Gasteiger partial charge in [0.15, 0.2) is 0 Å². The fraction of sp³-hybridized carbons (Fsp3) is 0.286. The molecule has 0 aliphatic carbocycles. The van der Waals surface area contributed by atoms with Crippen molar-refractivity contribution in [1.29, 1.82) is 0 Å². The Bertz CT molecular complexity index is 692. The maximum atomic E-state index is 13.3. The van der Waals surface area contributed by atoms with Gasteiger partial charge in [0.2, 0.25) is 0 Å². The highest BCUT2D eigenvalue weighted by Gasteiger charge is 2.19. The molecule has 1 heterocycles. The molecule has 0 atom stereocenters. The molecular weight excluding hydrogens is 390 g/mol. The van der Waals surface area contributed by atoms with E-state index in [-0.39, 0.29) is 5.75 Å². The smallest absolute Gasteiger partial charge is 0.435 e. The Balaban J connectivity index is 2.32. The second-order valence-corrected chi connectivity index (χ2v) is 6.60. The van der Waals surface area contributed by atoms with Crippen LogP contribution < -0.4 is 0 Å². The average molecular weight is 404 g/mol. The van der Waals surface area contributed by atoms with Crippen molar-refractivity contribution in [2.45, 2.75) is 26.4 Å². The van der Waals surface area contributed by atoms with Gasteiger partial charge in [-0.05, 0) is 49.4 Å². The first-order valence-corrected chi connectivity index (χ1v) is 7.21. The van der Waals surface area contributed by atoms with Gasteiger partial charge in [0.25, 0.3) is 0 Å². The van der Waals surface area contributed by atoms with Crippen molar-refractivity contribution < 1.29 is 19.0 Å². The lowest BCUT2D eigenvalue weighted by Crippen LogP contribution is -2.27. The largest absolute Gasteiger partial charge is 0.507 e. The molecule has 0 spiro atoms. The number of hydrogen-bond acceptors (Lipinski definition) is 4. The number of benzene rings is 1. The number of hydrogen-bond donors (Lipinski definition) is 1. The van der Waals surface area contributed by atoms with E-state index < -0.39 is 17.5 Å². The molecule has 5 nitrogen and oxygen atoms in total. The Labute approximate surface area is 134 Å². The van der Waals surface area contributed by atoms with Gasteiger partial charge < -0.3 is 9.84 Å². The summed E-state index contributed by atoms with van der Waals surface area (Å²) in [5, 5.41) is 13.7. The highest BCUT2D eigenvalue weighted by Crippen LogP contribution is 2.31. The van der Waals surface area contributed by atoms with Gasteiger partial charge in [-0.1, -0.05) is 0 Å². The summed E-state index contributed by atoms with van der Waals surface area (Å²) in [5.74, 6) is -0.715. The van der Waals surface area contributed by atoms with E-state index in [1.807, 2.05) is 22.6 Å². The van der Waals surface area contributed by atoms with Crippen molar-refractivity contribution in [2.24, 2.45) is 0 Å². The van der Waals surface area contributed by atoms with Gasteiger partial charge in [-0.15, -0.1) is 0 Å². The number of rotatable bonds is 1. The summed E-state index contributed by atoms with van der Waals surface area (Å²) in [4.78, 5) is 11.9. The minimum Gasteiger partial charge on any atom is -0.507 e. The molecule has 0 unspecified atom stereocenters. The first kappa shape index (κ1) is 15.7. The highest BCUT2D eigenvalue weighted by atomic mass is 127. The topological polar surface area (TPSA) is 64.3 Å². The summed E-state index contributed by atoms with van der Waals surface area (Å²) in [6.07, 6.45) is 2.22. The van der Waals surface area contributed by atoms with Crippen LogP contribution in [0.5, 0.6) is 5.75 Å². The molecule has 0 saturated heterocycles. The van der Waals surface area contributed by atoms with Gasteiger partial charge in [-0.3, -0.25) is 0 Å². The van der Waals surface area contributed by atoms with Crippen LogP contribution in [0.15, 0.2) is 24.5 Å². The van der Waals surface area contributed by atoms with Crippen LogP contribution in [0.25, 0.3) is 11.1 Å². The minimum atomic E-state index is -0.628. The lowest BCUT2D eigenvalue weighted by molar-refractivity contribution is 0.0514. The van der Waals surface area contributed by atoms with E-state index in [0.29, 0.717) is 14.7 Å². The third kappa shape index (κ3) is 3.72. The third-order valence-corrected chi connectivity index (χ3v) is 3.34. The van der Waals surface area contributed by atoms with Crippen LogP contribution in [0.2, 0.25) is 0 Å². The van der Waals surface area contributed by atoms with Crippen LogP contribution in [-0.2, 0) is 4.74 Å². The van der Waals surface area contributed by atoms with Gasteiger partial charge in [0, 0.05) is 27.0 Å². The molecule has 21 heavy (non-hydrogen) atoms. The lowest BCUT2D eigenvalue weighted by atomic mass is 10.1. The van der Waals surface area contributed by atoms with Gasteiger partial charge in [0.05, 0.1) is 6.20 Å². The molecule has 0 bridgehead atoms. The first-order valence-electron chi connectivity index (χ1n) is 6.14. The van der Waals surface area contributed by atoms with Crippen LogP contribution in [-0.4, -0.2) is 26.6 Å². The second-order valence-electron chi connectivity index (χ2n) is 5.44. The van der Waals surface area contributed by atoms with Crippen molar-refractivity contribution in [3.8, 4) is 16.9 Å². The van der Waals surface area contributed by atoms with E-state index in [1.165, 1.54) is 18.5 Å². The van der Waals surface area contributed by atoms with Crippen LogP contribution in [0.4, 0.5) is 9.18 Å². The van der Waals surface area contributed by atoms with Gasteiger partial charge in [-0.2, -0.15) is 9.78 Å². The van der Waals surface area contributed by atoms with E-state index in [0.717, 1.165) is 10.7 Å². The van der Waals surface area contributed by atoms with Crippen LogP contribution in [0.3, 0.4) is 0 Å². The zero-order valence-corrected chi connectivity index (χ0v) is 13.9. The molecule has 0 radical (unpaired) electrons. The lowest BCUT2D eigenvalue weighted by Gasteiger charge is -2.18. The first-order chi connectivity index (χ1) is 9.67. The van der Waals surface area contributed by atoms with E-state index in [9.17, 15) is 14.3 Å². The maximum Gasteiger partial charge on any atom is 0.435 e. The van der Waals surface area contributed by atoms with Crippen LogP contribution in [0, 0.1) is 9.39 Å². The molecule has 1 aromatic heterocycles. The zero-order valence-electron chi connectivity index (χ0n) is 11.7. The Morgan fingerprint density at radius 2 is 2.10 bits per heavy atom. The van der Waals surface area contributed by atoms with Crippen molar-refractivity contribution >= 4 is 28.7 Å². The van der Waals surface area contributed by atoms with Crippen LogP contribution in [0.1, 0.15) is 20.8 Å². The number of phenolic OH excluding ortho intramolecular Hbond substituents is 1. The fourth-order valence-electron chi connectivity index (χ4n) is 1.64.